The SMILES string of the molecule is O=C(c1cnccn1)N1CCC(Cn2ccnc2)CC1. The van der Waals surface area contributed by atoms with E-state index in [0.717, 1.165) is 32.5 Å². The van der Waals surface area contributed by atoms with E-state index >= 15 is 0 Å². The van der Waals surface area contributed by atoms with E-state index < -0.39 is 0 Å². The number of rotatable bonds is 3. The fraction of sp³-hybridized carbons (Fsp3) is 0.429. The van der Waals surface area contributed by atoms with E-state index in [4.69, 9.17) is 0 Å². The van der Waals surface area contributed by atoms with E-state index in [1.165, 1.54) is 6.20 Å². The molecule has 0 aromatic carbocycles. The van der Waals surface area contributed by atoms with E-state index in [1.807, 2.05) is 17.4 Å². The molecule has 0 atom stereocenters. The van der Waals surface area contributed by atoms with Crippen LogP contribution in [0.5, 0.6) is 0 Å². The Morgan fingerprint density at radius 3 is 2.70 bits per heavy atom. The smallest absolute Gasteiger partial charge is 0.274 e. The Morgan fingerprint density at radius 1 is 1.20 bits per heavy atom. The van der Waals surface area contributed by atoms with Gasteiger partial charge >= 0.3 is 0 Å². The average Bonchev–Trinajstić information content (AvgIpc) is 3.01. The van der Waals surface area contributed by atoms with Crippen LogP contribution in [-0.4, -0.2) is 43.4 Å². The van der Waals surface area contributed by atoms with Gasteiger partial charge in [0.05, 0.1) is 12.5 Å². The van der Waals surface area contributed by atoms with Crippen LogP contribution in [0.25, 0.3) is 0 Å². The summed E-state index contributed by atoms with van der Waals surface area (Å²) in [5, 5.41) is 0. The maximum Gasteiger partial charge on any atom is 0.274 e. The van der Waals surface area contributed by atoms with Crippen LogP contribution in [0.4, 0.5) is 0 Å². The molecule has 0 bridgehead atoms. The molecule has 6 nitrogen and oxygen atoms in total. The zero-order chi connectivity index (χ0) is 13.8. The monoisotopic (exact) mass is 271 g/mol. The molecule has 104 valence electrons. The molecule has 2 aromatic rings. The second kappa shape index (κ2) is 5.81. The number of hydrogen-bond donors (Lipinski definition) is 0. The Kier molecular flexibility index (Phi) is 3.71. The van der Waals surface area contributed by atoms with Crippen LogP contribution >= 0.6 is 0 Å². The molecule has 1 amide bonds. The summed E-state index contributed by atoms with van der Waals surface area (Å²) in [7, 11) is 0. The molecule has 0 aliphatic carbocycles. The summed E-state index contributed by atoms with van der Waals surface area (Å²) < 4.78 is 2.10. The van der Waals surface area contributed by atoms with Gasteiger partial charge in [0.1, 0.15) is 5.69 Å². The van der Waals surface area contributed by atoms with Crippen LogP contribution in [0.2, 0.25) is 0 Å². The third-order valence-corrected chi connectivity index (χ3v) is 3.71. The molecule has 1 saturated heterocycles. The molecule has 3 rings (SSSR count). The van der Waals surface area contributed by atoms with E-state index in [2.05, 4.69) is 19.5 Å². The van der Waals surface area contributed by atoms with Crippen molar-refractivity contribution < 1.29 is 4.79 Å². The minimum atomic E-state index is -0.0146. The average molecular weight is 271 g/mol. The number of nitrogens with zero attached hydrogens (tertiary/aromatic N) is 5. The molecule has 1 aliphatic heterocycles. The van der Waals surface area contributed by atoms with Crippen molar-refractivity contribution in [3.05, 3.63) is 43.0 Å². The van der Waals surface area contributed by atoms with Crippen molar-refractivity contribution in [1.82, 2.24) is 24.4 Å². The maximum atomic E-state index is 12.2. The zero-order valence-electron chi connectivity index (χ0n) is 11.2. The van der Waals surface area contributed by atoms with Gasteiger partial charge in [-0.2, -0.15) is 0 Å². The maximum absolute atomic E-state index is 12.2. The second-order valence-electron chi connectivity index (χ2n) is 5.09. The van der Waals surface area contributed by atoms with Crippen molar-refractivity contribution in [2.75, 3.05) is 13.1 Å². The molecule has 1 fully saturated rings. The lowest BCUT2D eigenvalue weighted by Gasteiger charge is -2.31. The van der Waals surface area contributed by atoms with Gasteiger partial charge in [0.15, 0.2) is 0 Å². The van der Waals surface area contributed by atoms with Gasteiger partial charge in [-0.25, -0.2) is 9.97 Å². The Labute approximate surface area is 117 Å². The summed E-state index contributed by atoms with van der Waals surface area (Å²) in [5.41, 5.74) is 0.431. The first-order valence-electron chi connectivity index (χ1n) is 6.84. The molecule has 0 unspecified atom stereocenters. The van der Waals surface area contributed by atoms with Crippen molar-refractivity contribution in [3.63, 3.8) is 0 Å². The molecule has 0 N–H and O–H groups in total. The van der Waals surface area contributed by atoms with Gasteiger partial charge in [-0.1, -0.05) is 0 Å². The lowest BCUT2D eigenvalue weighted by Crippen LogP contribution is -2.39. The van der Waals surface area contributed by atoms with Gasteiger partial charge in [-0.3, -0.25) is 9.78 Å². The van der Waals surface area contributed by atoms with Crippen molar-refractivity contribution >= 4 is 5.91 Å². The van der Waals surface area contributed by atoms with Crippen LogP contribution in [0.15, 0.2) is 37.3 Å². The van der Waals surface area contributed by atoms with Gasteiger partial charge in [0.25, 0.3) is 5.91 Å². The van der Waals surface area contributed by atoms with E-state index in [-0.39, 0.29) is 5.91 Å². The van der Waals surface area contributed by atoms with Crippen molar-refractivity contribution in [2.45, 2.75) is 19.4 Å². The molecular weight excluding hydrogens is 254 g/mol. The topological polar surface area (TPSA) is 63.9 Å². The second-order valence-corrected chi connectivity index (χ2v) is 5.09. The van der Waals surface area contributed by atoms with E-state index in [1.54, 1.807) is 18.6 Å². The Bertz CT molecular complexity index is 546. The first-order valence-corrected chi connectivity index (χ1v) is 6.84. The molecule has 3 heterocycles. The highest BCUT2D eigenvalue weighted by molar-refractivity contribution is 5.91. The molecule has 1 aliphatic rings. The fourth-order valence-electron chi connectivity index (χ4n) is 2.58. The summed E-state index contributed by atoms with van der Waals surface area (Å²) in [5.74, 6) is 0.592. The van der Waals surface area contributed by atoms with Gasteiger partial charge in [0, 0.05) is 44.4 Å². The quantitative estimate of drug-likeness (QED) is 0.842. The summed E-state index contributed by atoms with van der Waals surface area (Å²) in [6.07, 6.45) is 12.3. The number of likely N-dealkylation sites (tertiary alicyclic amines) is 1. The summed E-state index contributed by atoms with van der Waals surface area (Å²) in [4.78, 5) is 26.2. The lowest BCUT2D eigenvalue weighted by atomic mass is 9.96. The van der Waals surface area contributed by atoms with Gasteiger partial charge in [0.2, 0.25) is 0 Å². The lowest BCUT2D eigenvalue weighted by molar-refractivity contribution is 0.0676. The van der Waals surface area contributed by atoms with Crippen LogP contribution in [0.1, 0.15) is 23.3 Å². The number of hydrogen-bond acceptors (Lipinski definition) is 4. The van der Waals surface area contributed by atoms with Crippen LogP contribution in [-0.2, 0) is 6.54 Å². The molecule has 6 heteroatoms. The standard InChI is InChI=1S/C14H17N5O/c20-14(13-9-15-3-4-17-13)19-6-1-12(2-7-19)10-18-8-5-16-11-18/h3-5,8-9,11-12H,1-2,6-7,10H2. The number of aromatic nitrogens is 4. The number of imidazole rings is 1. The van der Waals surface area contributed by atoms with Gasteiger partial charge < -0.3 is 9.47 Å². The third kappa shape index (κ3) is 2.84. The minimum Gasteiger partial charge on any atom is -0.337 e. The van der Waals surface area contributed by atoms with Crippen LogP contribution in [0.3, 0.4) is 0 Å². The molecule has 2 aromatic heterocycles. The van der Waals surface area contributed by atoms with Crippen LogP contribution < -0.4 is 0 Å². The molecule has 20 heavy (non-hydrogen) atoms. The summed E-state index contributed by atoms with van der Waals surface area (Å²) in [6, 6.07) is 0. The van der Waals surface area contributed by atoms with E-state index in [0.29, 0.717) is 11.6 Å². The summed E-state index contributed by atoms with van der Waals surface area (Å²) >= 11 is 0. The van der Waals surface area contributed by atoms with Crippen molar-refractivity contribution in [1.29, 1.82) is 0 Å². The van der Waals surface area contributed by atoms with Gasteiger partial charge in [-0.05, 0) is 18.8 Å². The Morgan fingerprint density at radius 2 is 2.05 bits per heavy atom. The number of carbonyl (C=O) groups excluding carboxylic acids is 1. The highest BCUT2D eigenvalue weighted by atomic mass is 16.2. The van der Waals surface area contributed by atoms with Crippen molar-refractivity contribution in [3.8, 4) is 0 Å². The Balaban J connectivity index is 1.55. The predicted octanol–water partition coefficient (Wildman–Crippen LogP) is 1.23. The normalized spacial score (nSPS) is 16.3. The number of piperidine rings is 1. The highest BCUT2D eigenvalue weighted by Gasteiger charge is 2.24. The predicted molar refractivity (Wildman–Crippen MR) is 72.9 cm³/mol. The van der Waals surface area contributed by atoms with Crippen LogP contribution in [0, 0.1) is 5.92 Å². The zero-order valence-corrected chi connectivity index (χ0v) is 11.2. The largest absolute Gasteiger partial charge is 0.337 e. The van der Waals surface area contributed by atoms with E-state index in [9.17, 15) is 4.79 Å². The molecule has 0 radical (unpaired) electrons. The molecule has 0 saturated carbocycles. The number of amides is 1. The first kappa shape index (κ1) is 12.8. The highest BCUT2D eigenvalue weighted by Crippen LogP contribution is 2.20. The minimum absolute atomic E-state index is 0.0146. The third-order valence-electron chi connectivity index (χ3n) is 3.71. The fourth-order valence-corrected chi connectivity index (χ4v) is 2.58. The summed E-state index contributed by atoms with van der Waals surface area (Å²) in [6.45, 7) is 2.55. The Hall–Kier alpha value is -2.24. The number of carbonyl (C=O) groups is 1. The molecular formula is C14H17N5O. The van der Waals surface area contributed by atoms with Crippen molar-refractivity contribution in [2.24, 2.45) is 5.92 Å². The molecule has 0 spiro atoms. The first-order chi connectivity index (χ1) is 9.83. The van der Waals surface area contributed by atoms with Gasteiger partial charge in [-0.15, -0.1) is 0 Å².